The molecule has 0 spiro atoms. The summed E-state index contributed by atoms with van der Waals surface area (Å²) in [5.74, 6) is 5.79. The smallest absolute Gasteiger partial charge is 0.159 e. The summed E-state index contributed by atoms with van der Waals surface area (Å²) in [5, 5.41) is 1.49. The lowest BCUT2D eigenvalue weighted by atomic mass is 10.4. The summed E-state index contributed by atoms with van der Waals surface area (Å²) < 4.78 is 0. The third-order valence-electron chi connectivity index (χ3n) is 1.80. The molecule has 0 saturated heterocycles. The summed E-state index contributed by atoms with van der Waals surface area (Å²) in [6.07, 6.45) is 3.24. The summed E-state index contributed by atoms with van der Waals surface area (Å²) in [5.41, 5.74) is 2.45. The highest BCUT2D eigenvalue weighted by atomic mass is 35.5. The largest absolute Gasteiger partial charge is 0.307 e. The van der Waals surface area contributed by atoms with Gasteiger partial charge in [0.25, 0.3) is 0 Å². The Balaban J connectivity index is 2.16. The van der Waals surface area contributed by atoms with Crippen LogP contribution in [-0.2, 0) is 0 Å². The van der Waals surface area contributed by atoms with Crippen LogP contribution in [0.25, 0.3) is 0 Å². The number of nitrogens with two attached hydrogens (primary N) is 1. The Bertz CT molecular complexity index is 475. The zero-order valence-corrected chi connectivity index (χ0v) is 9.79. The van der Waals surface area contributed by atoms with Crippen LogP contribution in [0.1, 0.15) is 0 Å². The first-order valence-electron chi connectivity index (χ1n) is 4.50. The van der Waals surface area contributed by atoms with E-state index in [1.165, 1.54) is 11.8 Å². The van der Waals surface area contributed by atoms with Gasteiger partial charge in [-0.2, -0.15) is 0 Å². The number of hydrogen-bond donors (Lipinski definition) is 2. The third-order valence-corrected chi connectivity index (χ3v) is 2.96. The number of halogens is 1. The standard InChI is InChI=1S/C10H9ClN4S/c11-7-1-3-8(4-2-7)16-10-6-13-5-9(14-10)15-12/h1-6H,12H2,(H,14,15). The number of anilines is 1. The molecular formula is C10H9ClN4S. The van der Waals surface area contributed by atoms with Gasteiger partial charge >= 0.3 is 0 Å². The summed E-state index contributed by atoms with van der Waals surface area (Å²) in [6, 6.07) is 7.53. The second kappa shape index (κ2) is 5.16. The predicted molar refractivity (Wildman–Crippen MR) is 65.4 cm³/mol. The van der Waals surface area contributed by atoms with Crippen molar-refractivity contribution in [2.45, 2.75) is 9.92 Å². The molecule has 2 aromatic rings. The molecule has 0 atom stereocenters. The molecule has 0 unspecified atom stereocenters. The summed E-state index contributed by atoms with van der Waals surface area (Å²) in [6.45, 7) is 0. The zero-order chi connectivity index (χ0) is 11.4. The van der Waals surface area contributed by atoms with E-state index in [2.05, 4.69) is 15.4 Å². The number of hydrogen-bond acceptors (Lipinski definition) is 5. The van der Waals surface area contributed by atoms with Crippen molar-refractivity contribution in [3.05, 3.63) is 41.7 Å². The maximum absolute atomic E-state index is 5.80. The van der Waals surface area contributed by atoms with E-state index in [1.54, 1.807) is 12.4 Å². The lowest BCUT2D eigenvalue weighted by molar-refractivity contribution is 1.04. The van der Waals surface area contributed by atoms with Gasteiger partial charge in [0.2, 0.25) is 0 Å². The molecule has 0 aliphatic carbocycles. The number of nitrogens with one attached hydrogen (secondary N) is 1. The summed E-state index contributed by atoms with van der Waals surface area (Å²) >= 11 is 7.30. The van der Waals surface area contributed by atoms with Gasteiger partial charge in [-0.25, -0.2) is 10.8 Å². The van der Waals surface area contributed by atoms with Crippen LogP contribution >= 0.6 is 23.4 Å². The SMILES string of the molecule is NNc1cncc(Sc2ccc(Cl)cc2)n1. The van der Waals surface area contributed by atoms with Gasteiger partial charge in [0.05, 0.1) is 12.4 Å². The first-order chi connectivity index (χ1) is 7.78. The minimum Gasteiger partial charge on any atom is -0.307 e. The normalized spacial score (nSPS) is 10.1. The van der Waals surface area contributed by atoms with Crippen molar-refractivity contribution in [1.29, 1.82) is 0 Å². The Labute approximate surface area is 102 Å². The fourth-order valence-corrected chi connectivity index (χ4v) is 1.99. The van der Waals surface area contributed by atoms with Crippen molar-refractivity contribution < 1.29 is 0 Å². The number of aromatic nitrogens is 2. The summed E-state index contributed by atoms with van der Waals surface area (Å²) in [7, 11) is 0. The fraction of sp³-hybridized carbons (Fsp3) is 0. The Kier molecular flexibility index (Phi) is 3.61. The number of hydrazine groups is 1. The molecule has 1 aromatic carbocycles. The highest BCUT2D eigenvalue weighted by Crippen LogP contribution is 2.26. The van der Waals surface area contributed by atoms with E-state index in [-0.39, 0.29) is 0 Å². The molecule has 0 fully saturated rings. The van der Waals surface area contributed by atoms with Crippen molar-refractivity contribution in [3.63, 3.8) is 0 Å². The lowest BCUT2D eigenvalue weighted by Gasteiger charge is -2.02. The van der Waals surface area contributed by atoms with Gasteiger partial charge in [0.15, 0.2) is 5.82 Å². The molecule has 6 heteroatoms. The quantitative estimate of drug-likeness (QED) is 0.649. The average molecular weight is 253 g/mol. The van der Waals surface area contributed by atoms with Crippen LogP contribution in [0, 0.1) is 0 Å². The highest BCUT2D eigenvalue weighted by molar-refractivity contribution is 7.99. The van der Waals surface area contributed by atoms with Gasteiger partial charge < -0.3 is 5.43 Å². The molecule has 3 N–H and O–H groups in total. The van der Waals surface area contributed by atoms with Crippen LogP contribution in [0.4, 0.5) is 5.82 Å². The number of nitrogen functional groups attached to an aromatic ring is 1. The molecule has 1 aromatic heterocycles. The molecule has 2 rings (SSSR count). The maximum Gasteiger partial charge on any atom is 0.159 e. The maximum atomic E-state index is 5.80. The average Bonchev–Trinajstić information content (AvgIpc) is 2.32. The van der Waals surface area contributed by atoms with Crippen molar-refractivity contribution >= 4 is 29.2 Å². The molecule has 0 saturated carbocycles. The zero-order valence-electron chi connectivity index (χ0n) is 8.22. The number of nitrogens with zero attached hydrogens (tertiary/aromatic N) is 2. The van der Waals surface area contributed by atoms with Gasteiger partial charge in [0, 0.05) is 9.92 Å². The Morgan fingerprint density at radius 3 is 2.62 bits per heavy atom. The van der Waals surface area contributed by atoms with Gasteiger partial charge in [-0.1, -0.05) is 23.4 Å². The van der Waals surface area contributed by atoms with Gasteiger partial charge in [0.1, 0.15) is 5.03 Å². The van der Waals surface area contributed by atoms with E-state index in [1.807, 2.05) is 24.3 Å². The van der Waals surface area contributed by atoms with Gasteiger partial charge in [-0.15, -0.1) is 0 Å². The van der Waals surface area contributed by atoms with Crippen LogP contribution in [-0.4, -0.2) is 9.97 Å². The monoisotopic (exact) mass is 252 g/mol. The molecule has 0 aliphatic rings. The van der Waals surface area contributed by atoms with Crippen molar-refractivity contribution in [1.82, 2.24) is 9.97 Å². The Hall–Kier alpha value is -1.30. The Morgan fingerprint density at radius 1 is 1.19 bits per heavy atom. The molecule has 4 nitrogen and oxygen atoms in total. The second-order valence-electron chi connectivity index (χ2n) is 2.94. The molecule has 0 aliphatic heterocycles. The molecule has 0 radical (unpaired) electrons. The first kappa shape index (κ1) is 11.2. The van der Waals surface area contributed by atoms with Gasteiger partial charge in [-0.05, 0) is 24.3 Å². The van der Waals surface area contributed by atoms with E-state index < -0.39 is 0 Å². The minimum atomic E-state index is 0.541. The molecular weight excluding hydrogens is 244 g/mol. The van der Waals surface area contributed by atoms with Crippen LogP contribution in [0.3, 0.4) is 0 Å². The van der Waals surface area contributed by atoms with Gasteiger partial charge in [-0.3, -0.25) is 4.98 Å². The van der Waals surface area contributed by atoms with Crippen LogP contribution in [0.5, 0.6) is 0 Å². The Morgan fingerprint density at radius 2 is 1.94 bits per heavy atom. The van der Waals surface area contributed by atoms with E-state index >= 15 is 0 Å². The molecule has 1 heterocycles. The second-order valence-corrected chi connectivity index (χ2v) is 4.47. The molecule has 0 amide bonds. The van der Waals surface area contributed by atoms with Crippen molar-refractivity contribution in [2.24, 2.45) is 5.84 Å². The lowest BCUT2D eigenvalue weighted by Crippen LogP contribution is -2.08. The van der Waals surface area contributed by atoms with E-state index in [0.717, 1.165) is 9.92 Å². The highest BCUT2D eigenvalue weighted by Gasteiger charge is 2.00. The van der Waals surface area contributed by atoms with E-state index in [9.17, 15) is 0 Å². The molecule has 16 heavy (non-hydrogen) atoms. The molecule has 0 bridgehead atoms. The fourth-order valence-electron chi connectivity index (χ4n) is 1.09. The number of rotatable bonds is 3. The van der Waals surface area contributed by atoms with Crippen molar-refractivity contribution in [2.75, 3.05) is 5.43 Å². The third kappa shape index (κ3) is 2.85. The van der Waals surface area contributed by atoms with Crippen molar-refractivity contribution in [3.8, 4) is 0 Å². The van der Waals surface area contributed by atoms with Crippen LogP contribution < -0.4 is 11.3 Å². The number of benzene rings is 1. The van der Waals surface area contributed by atoms with Crippen LogP contribution in [0.2, 0.25) is 5.02 Å². The van der Waals surface area contributed by atoms with E-state index in [4.69, 9.17) is 17.4 Å². The molecule has 82 valence electrons. The summed E-state index contributed by atoms with van der Waals surface area (Å²) in [4.78, 5) is 9.31. The first-order valence-corrected chi connectivity index (χ1v) is 5.69. The topological polar surface area (TPSA) is 63.8 Å². The van der Waals surface area contributed by atoms with E-state index in [0.29, 0.717) is 10.8 Å². The van der Waals surface area contributed by atoms with Crippen LogP contribution in [0.15, 0.2) is 46.6 Å². The minimum absolute atomic E-state index is 0.541. The predicted octanol–water partition coefficient (Wildman–Crippen LogP) is 2.57.